The lowest BCUT2D eigenvalue weighted by molar-refractivity contribution is -0.167. The van der Waals surface area contributed by atoms with Crippen molar-refractivity contribution in [1.29, 1.82) is 0 Å². The standard InChI is InChI=1S/C20H29N5O/c1-12(2)16-5-17(18-23-21-11-25(18)24-16)22-13(3)19-6-14-4-15(7-19)9-20(26,8-14)10-19/h5,11-15,22,26H,4,6-10H2,1-3H3. The summed E-state index contributed by atoms with van der Waals surface area (Å²) in [4.78, 5) is 0. The maximum atomic E-state index is 11.1. The molecule has 140 valence electrons. The number of nitrogens with one attached hydrogen (secondary N) is 1. The number of fused-ring (bicyclic) bond motifs is 1. The molecule has 4 aliphatic rings. The molecule has 6 heteroatoms. The summed E-state index contributed by atoms with van der Waals surface area (Å²) in [5.41, 5.74) is 2.60. The predicted molar refractivity (Wildman–Crippen MR) is 100 cm³/mol. The lowest BCUT2D eigenvalue weighted by Gasteiger charge is -2.62. The molecule has 2 aromatic rings. The molecule has 2 N–H and O–H groups in total. The van der Waals surface area contributed by atoms with Gasteiger partial charge in [0, 0.05) is 6.04 Å². The highest BCUT2D eigenvalue weighted by atomic mass is 16.3. The predicted octanol–water partition coefficient (Wildman–Crippen LogP) is 3.38. The molecule has 3 unspecified atom stereocenters. The van der Waals surface area contributed by atoms with Crippen LogP contribution in [0.4, 0.5) is 5.69 Å². The molecule has 0 spiro atoms. The topological polar surface area (TPSA) is 75.3 Å². The minimum Gasteiger partial charge on any atom is -0.390 e. The monoisotopic (exact) mass is 355 g/mol. The first-order chi connectivity index (χ1) is 12.4. The Labute approximate surface area is 154 Å². The van der Waals surface area contributed by atoms with Crippen molar-refractivity contribution < 1.29 is 5.11 Å². The van der Waals surface area contributed by atoms with Gasteiger partial charge in [0.2, 0.25) is 5.65 Å². The maximum absolute atomic E-state index is 11.1. The van der Waals surface area contributed by atoms with Crippen molar-refractivity contribution in [2.24, 2.45) is 17.3 Å². The summed E-state index contributed by atoms with van der Waals surface area (Å²) in [7, 11) is 0. The van der Waals surface area contributed by atoms with Gasteiger partial charge in [-0.3, -0.25) is 0 Å². The number of nitrogens with zero attached hydrogens (tertiary/aromatic N) is 4. The number of rotatable bonds is 4. The summed E-state index contributed by atoms with van der Waals surface area (Å²) in [5, 5.41) is 27.8. The molecule has 4 aliphatic carbocycles. The summed E-state index contributed by atoms with van der Waals surface area (Å²) in [5.74, 6) is 1.74. The average molecular weight is 355 g/mol. The average Bonchev–Trinajstić information content (AvgIpc) is 3.01. The maximum Gasteiger partial charge on any atom is 0.200 e. The fourth-order valence-corrected chi connectivity index (χ4v) is 6.41. The third kappa shape index (κ3) is 2.45. The Bertz CT molecular complexity index is 830. The van der Waals surface area contributed by atoms with Gasteiger partial charge in [-0.05, 0) is 74.7 Å². The fourth-order valence-electron chi connectivity index (χ4n) is 6.41. The van der Waals surface area contributed by atoms with Crippen LogP contribution >= 0.6 is 0 Å². The highest BCUT2D eigenvalue weighted by Gasteiger charge is 2.58. The van der Waals surface area contributed by atoms with E-state index >= 15 is 0 Å². The third-order valence-corrected chi connectivity index (χ3v) is 7.24. The van der Waals surface area contributed by atoms with E-state index in [4.69, 9.17) is 0 Å². The molecule has 4 saturated carbocycles. The van der Waals surface area contributed by atoms with Gasteiger partial charge in [-0.1, -0.05) is 13.8 Å². The highest BCUT2D eigenvalue weighted by Crippen LogP contribution is 2.63. The van der Waals surface area contributed by atoms with E-state index in [1.165, 1.54) is 19.3 Å². The van der Waals surface area contributed by atoms with Crippen LogP contribution in [-0.4, -0.2) is 36.6 Å². The summed E-state index contributed by atoms with van der Waals surface area (Å²) < 4.78 is 1.78. The number of aliphatic hydroxyl groups is 1. The molecule has 3 atom stereocenters. The van der Waals surface area contributed by atoms with E-state index < -0.39 is 5.60 Å². The van der Waals surface area contributed by atoms with E-state index in [1.54, 1.807) is 10.8 Å². The summed E-state index contributed by atoms with van der Waals surface area (Å²) in [6, 6.07) is 2.42. The SMILES string of the molecule is CC(C)c1cc(NC(C)C23CC4CC(CC(O)(C4)C2)C3)c2nncn2n1. The van der Waals surface area contributed by atoms with Gasteiger partial charge in [-0.25, -0.2) is 0 Å². The van der Waals surface area contributed by atoms with Gasteiger partial charge in [-0.2, -0.15) is 9.61 Å². The molecule has 0 amide bonds. The van der Waals surface area contributed by atoms with Crippen LogP contribution < -0.4 is 5.32 Å². The zero-order chi connectivity index (χ0) is 18.1. The van der Waals surface area contributed by atoms with Crippen LogP contribution in [0.3, 0.4) is 0 Å². The van der Waals surface area contributed by atoms with Gasteiger partial charge in [0.25, 0.3) is 0 Å². The molecule has 26 heavy (non-hydrogen) atoms. The van der Waals surface area contributed by atoms with Crippen molar-refractivity contribution in [1.82, 2.24) is 19.8 Å². The third-order valence-electron chi connectivity index (χ3n) is 7.24. The largest absolute Gasteiger partial charge is 0.390 e. The van der Waals surface area contributed by atoms with Crippen LogP contribution in [0.2, 0.25) is 0 Å². The van der Waals surface area contributed by atoms with E-state index in [1.807, 2.05) is 0 Å². The fraction of sp³-hybridized carbons (Fsp3) is 0.750. The lowest BCUT2D eigenvalue weighted by Crippen LogP contribution is -2.60. The first kappa shape index (κ1) is 16.5. The molecule has 6 rings (SSSR count). The number of hydrogen-bond donors (Lipinski definition) is 2. The quantitative estimate of drug-likeness (QED) is 0.879. The second-order valence-electron chi connectivity index (χ2n) is 9.65. The van der Waals surface area contributed by atoms with Crippen LogP contribution in [-0.2, 0) is 0 Å². The van der Waals surface area contributed by atoms with Crippen LogP contribution in [0.1, 0.15) is 70.9 Å². The van der Waals surface area contributed by atoms with Crippen LogP contribution in [0, 0.1) is 17.3 Å². The summed E-state index contributed by atoms with van der Waals surface area (Å²) in [6.45, 7) is 6.60. The Balaban J connectivity index is 1.48. The van der Waals surface area contributed by atoms with Gasteiger partial charge >= 0.3 is 0 Å². The highest BCUT2D eigenvalue weighted by molar-refractivity contribution is 5.67. The minimum absolute atomic E-state index is 0.192. The Morgan fingerprint density at radius 3 is 2.58 bits per heavy atom. The second kappa shape index (κ2) is 5.41. The molecule has 2 heterocycles. The molecule has 2 aromatic heterocycles. The van der Waals surface area contributed by atoms with Crippen molar-refractivity contribution in [3.05, 3.63) is 18.1 Å². The zero-order valence-corrected chi connectivity index (χ0v) is 15.9. The van der Waals surface area contributed by atoms with E-state index in [-0.39, 0.29) is 5.41 Å². The van der Waals surface area contributed by atoms with Gasteiger partial charge < -0.3 is 10.4 Å². The molecule has 0 radical (unpaired) electrons. The van der Waals surface area contributed by atoms with Crippen molar-refractivity contribution in [3.63, 3.8) is 0 Å². The van der Waals surface area contributed by atoms with Crippen LogP contribution in [0.25, 0.3) is 5.65 Å². The van der Waals surface area contributed by atoms with Crippen molar-refractivity contribution in [2.75, 3.05) is 5.32 Å². The summed E-state index contributed by atoms with van der Waals surface area (Å²) >= 11 is 0. The zero-order valence-electron chi connectivity index (χ0n) is 15.9. The number of hydrogen-bond acceptors (Lipinski definition) is 5. The smallest absolute Gasteiger partial charge is 0.200 e. The van der Waals surface area contributed by atoms with E-state index in [0.717, 1.165) is 36.3 Å². The Morgan fingerprint density at radius 2 is 1.92 bits per heavy atom. The minimum atomic E-state index is -0.425. The Hall–Kier alpha value is -1.69. The van der Waals surface area contributed by atoms with Crippen molar-refractivity contribution in [3.8, 4) is 0 Å². The second-order valence-corrected chi connectivity index (χ2v) is 9.65. The Kier molecular flexibility index (Phi) is 3.43. The van der Waals surface area contributed by atoms with Crippen molar-refractivity contribution in [2.45, 2.75) is 76.9 Å². The van der Waals surface area contributed by atoms with E-state index in [2.05, 4.69) is 47.5 Å². The molecule has 4 bridgehead atoms. The normalized spacial score (nSPS) is 36.8. The summed E-state index contributed by atoms with van der Waals surface area (Å²) in [6.07, 6.45) is 8.43. The van der Waals surface area contributed by atoms with E-state index in [0.29, 0.717) is 23.8 Å². The molecule has 0 aromatic carbocycles. The molecular weight excluding hydrogens is 326 g/mol. The van der Waals surface area contributed by atoms with Gasteiger partial charge in [0.1, 0.15) is 6.33 Å². The van der Waals surface area contributed by atoms with Gasteiger partial charge in [-0.15, -0.1) is 10.2 Å². The van der Waals surface area contributed by atoms with E-state index in [9.17, 15) is 5.11 Å². The van der Waals surface area contributed by atoms with Crippen LogP contribution in [0.15, 0.2) is 12.4 Å². The Morgan fingerprint density at radius 1 is 1.19 bits per heavy atom. The van der Waals surface area contributed by atoms with Crippen LogP contribution in [0.5, 0.6) is 0 Å². The molecule has 6 nitrogen and oxygen atoms in total. The molecular formula is C20H29N5O. The number of anilines is 1. The van der Waals surface area contributed by atoms with Gasteiger partial charge in [0.05, 0.1) is 17.0 Å². The van der Waals surface area contributed by atoms with Gasteiger partial charge in [0.15, 0.2) is 0 Å². The molecule has 0 saturated heterocycles. The lowest BCUT2D eigenvalue weighted by atomic mass is 9.46. The first-order valence-corrected chi connectivity index (χ1v) is 10.1. The molecule has 4 fully saturated rings. The first-order valence-electron chi connectivity index (χ1n) is 10.1. The number of aromatic nitrogens is 4. The molecule has 0 aliphatic heterocycles. The van der Waals surface area contributed by atoms with Crippen molar-refractivity contribution >= 4 is 11.3 Å².